The van der Waals surface area contributed by atoms with E-state index in [1.165, 1.54) is 24.0 Å². The van der Waals surface area contributed by atoms with Gasteiger partial charge in [0, 0.05) is 11.9 Å². The molecule has 19 heavy (non-hydrogen) atoms. The molecule has 1 aliphatic carbocycles. The minimum atomic E-state index is 0.424. The molecule has 1 aromatic carbocycles. The van der Waals surface area contributed by atoms with Crippen LogP contribution in [0.15, 0.2) is 35.5 Å². The molecule has 4 N–H and O–H groups in total. The number of rotatable bonds is 3. The van der Waals surface area contributed by atoms with Crippen molar-refractivity contribution in [2.24, 2.45) is 10.7 Å². The second kappa shape index (κ2) is 5.14. The molecule has 0 radical (unpaired) electrons. The van der Waals surface area contributed by atoms with E-state index in [-0.39, 0.29) is 0 Å². The Labute approximate surface area is 111 Å². The van der Waals surface area contributed by atoms with E-state index in [0.717, 1.165) is 17.8 Å². The fraction of sp³-hybridized carbons (Fsp3) is 0.286. The summed E-state index contributed by atoms with van der Waals surface area (Å²) in [7, 11) is 0. The van der Waals surface area contributed by atoms with E-state index in [1.807, 2.05) is 6.07 Å². The van der Waals surface area contributed by atoms with Gasteiger partial charge in [0.2, 0.25) is 0 Å². The highest BCUT2D eigenvalue weighted by Gasteiger charge is 2.10. The molecule has 0 fully saturated rings. The first kappa shape index (κ1) is 11.8. The number of aryl methyl sites for hydroxylation is 2. The van der Waals surface area contributed by atoms with Gasteiger partial charge < -0.3 is 11.1 Å². The van der Waals surface area contributed by atoms with E-state index in [1.54, 1.807) is 6.20 Å². The van der Waals surface area contributed by atoms with Crippen LogP contribution in [0.2, 0.25) is 0 Å². The third-order valence-corrected chi connectivity index (χ3v) is 3.35. The number of nitrogens with one attached hydrogen (secondary N) is 2. The number of hydrogen-bond donors (Lipinski definition) is 3. The van der Waals surface area contributed by atoms with Gasteiger partial charge in [0.05, 0.1) is 12.2 Å². The van der Waals surface area contributed by atoms with Crippen LogP contribution in [0.5, 0.6) is 0 Å². The van der Waals surface area contributed by atoms with Crippen molar-refractivity contribution in [3.63, 3.8) is 0 Å². The zero-order chi connectivity index (χ0) is 13.1. The van der Waals surface area contributed by atoms with E-state index in [9.17, 15) is 0 Å². The smallest absolute Gasteiger partial charge is 0.193 e. The second-order valence-electron chi connectivity index (χ2n) is 4.75. The predicted octanol–water partition coefficient (Wildman–Crippen LogP) is 1.83. The first-order valence-corrected chi connectivity index (χ1v) is 6.48. The molecule has 5 heteroatoms. The number of aromatic amines is 1. The lowest BCUT2D eigenvalue weighted by Crippen LogP contribution is -2.22. The molecule has 98 valence electrons. The molecule has 2 aromatic rings. The summed E-state index contributed by atoms with van der Waals surface area (Å²) in [6.45, 7) is 0.504. The summed E-state index contributed by atoms with van der Waals surface area (Å²) in [5, 5.41) is 9.85. The van der Waals surface area contributed by atoms with Gasteiger partial charge in [-0.25, -0.2) is 4.99 Å². The summed E-state index contributed by atoms with van der Waals surface area (Å²) in [6.07, 6.45) is 5.31. The molecule has 1 aromatic heterocycles. The number of benzene rings is 1. The van der Waals surface area contributed by atoms with Gasteiger partial charge in [-0.2, -0.15) is 5.10 Å². The number of anilines is 1. The van der Waals surface area contributed by atoms with Crippen molar-refractivity contribution in [1.82, 2.24) is 10.2 Å². The van der Waals surface area contributed by atoms with Crippen molar-refractivity contribution in [1.29, 1.82) is 0 Å². The first-order chi connectivity index (χ1) is 9.31. The highest BCUT2D eigenvalue weighted by Crippen LogP contribution is 2.24. The molecule has 0 unspecified atom stereocenters. The van der Waals surface area contributed by atoms with Crippen molar-refractivity contribution in [2.75, 3.05) is 5.32 Å². The van der Waals surface area contributed by atoms with Crippen LogP contribution in [0.3, 0.4) is 0 Å². The van der Waals surface area contributed by atoms with Crippen LogP contribution in [0.4, 0.5) is 5.69 Å². The van der Waals surface area contributed by atoms with E-state index in [4.69, 9.17) is 5.73 Å². The van der Waals surface area contributed by atoms with Crippen LogP contribution in [0, 0.1) is 0 Å². The maximum absolute atomic E-state index is 5.87. The van der Waals surface area contributed by atoms with Crippen molar-refractivity contribution >= 4 is 11.6 Å². The van der Waals surface area contributed by atoms with Gasteiger partial charge in [-0.15, -0.1) is 0 Å². The maximum Gasteiger partial charge on any atom is 0.193 e. The monoisotopic (exact) mass is 255 g/mol. The standard InChI is InChI=1S/C14H17N5/c15-14(16-9-13-6-7-17-19-13)18-12-5-4-10-2-1-3-11(10)8-12/h4-8H,1-3,9H2,(H,17,19)(H3,15,16,18). The van der Waals surface area contributed by atoms with Crippen LogP contribution in [-0.4, -0.2) is 16.2 Å². The number of guanidine groups is 1. The third-order valence-electron chi connectivity index (χ3n) is 3.35. The highest BCUT2D eigenvalue weighted by molar-refractivity contribution is 5.92. The molecule has 0 saturated carbocycles. The minimum Gasteiger partial charge on any atom is -0.370 e. The summed E-state index contributed by atoms with van der Waals surface area (Å²) < 4.78 is 0. The molecular formula is C14H17N5. The van der Waals surface area contributed by atoms with Gasteiger partial charge in [0.1, 0.15) is 0 Å². The van der Waals surface area contributed by atoms with E-state index in [2.05, 4.69) is 38.7 Å². The number of fused-ring (bicyclic) bond motifs is 1. The molecule has 0 atom stereocenters. The fourth-order valence-corrected chi connectivity index (χ4v) is 2.38. The predicted molar refractivity (Wildman–Crippen MR) is 76.0 cm³/mol. The van der Waals surface area contributed by atoms with Crippen LogP contribution in [-0.2, 0) is 19.4 Å². The summed E-state index contributed by atoms with van der Waals surface area (Å²) in [6, 6.07) is 8.28. The van der Waals surface area contributed by atoms with Crippen LogP contribution in [0.1, 0.15) is 23.2 Å². The molecule has 0 amide bonds. The Hall–Kier alpha value is -2.30. The molecule has 3 rings (SSSR count). The van der Waals surface area contributed by atoms with Crippen molar-refractivity contribution < 1.29 is 0 Å². The molecule has 0 spiro atoms. The number of aliphatic imine (C=N–C) groups is 1. The average Bonchev–Trinajstić information content (AvgIpc) is 3.07. The van der Waals surface area contributed by atoms with E-state index in [0.29, 0.717) is 12.5 Å². The Balaban J connectivity index is 1.65. The van der Waals surface area contributed by atoms with Gasteiger partial charge in [0.15, 0.2) is 5.96 Å². The first-order valence-electron chi connectivity index (χ1n) is 6.48. The number of aromatic nitrogens is 2. The maximum atomic E-state index is 5.87. The van der Waals surface area contributed by atoms with Crippen molar-refractivity contribution in [3.8, 4) is 0 Å². The van der Waals surface area contributed by atoms with Crippen LogP contribution in [0.25, 0.3) is 0 Å². The number of nitrogens with zero attached hydrogens (tertiary/aromatic N) is 2. The summed E-state index contributed by atoms with van der Waals surface area (Å²) in [4.78, 5) is 4.27. The third kappa shape index (κ3) is 2.76. The SMILES string of the molecule is NC(=NCc1ccn[nH]1)Nc1ccc2c(c1)CCC2. The zero-order valence-electron chi connectivity index (χ0n) is 10.7. The largest absolute Gasteiger partial charge is 0.370 e. The molecule has 0 aliphatic heterocycles. The molecule has 0 saturated heterocycles. The quantitative estimate of drug-likeness (QED) is 0.578. The fourth-order valence-electron chi connectivity index (χ4n) is 2.38. The highest BCUT2D eigenvalue weighted by atomic mass is 15.1. The molecular weight excluding hydrogens is 238 g/mol. The van der Waals surface area contributed by atoms with Crippen LogP contribution < -0.4 is 11.1 Å². The van der Waals surface area contributed by atoms with Gasteiger partial charge in [-0.3, -0.25) is 5.10 Å². The Kier molecular flexibility index (Phi) is 3.18. The minimum absolute atomic E-state index is 0.424. The molecule has 0 bridgehead atoms. The topological polar surface area (TPSA) is 79.1 Å². The van der Waals surface area contributed by atoms with Gasteiger partial charge in [-0.05, 0) is 48.6 Å². The molecule has 1 heterocycles. The number of nitrogens with two attached hydrogens (primary N) is 1. The molecule has 1 aliphatic rings. The Morgan fingerprint density at radius 2 is 2.21 bits per heavy atom. The Morgan fingerprint density at radius 3 is 3.05 bits per heavy atom. The summed E-state index contributed by atoms with van der Waals surface area (Å²) in [5.74, 6) is 0.424. The average molecular weight is 255 g/mol. The summed E-state index contributed by atoms with van der Waals surface area (Å²) >= 11 is 0. The second-order valence-corrected chi connectivity index (χ2v) is 4.75. The lowest BCUT2D eigenvalue weighted by atomic mass is 10.1. The van der Waals surface area contributed by atoms with Crippen molar-refractivity contribution in [2.45, 2.75) is 25.8 Å². The normalized spacial score (nSPS) is 14.4. The lowest BCUT2D eigenvalue weighted by Gasteiger charge is -2.07. The van der Waals surface area contributed by atoms with Gasteiger partial charge >= 0.3 is 0 Å². The van der Waals surface area contributed by atoms with Gasteiger partial charge in [-0.1, -0.05) is 6.07 Å². The zero-order valence-corrected chi connectivity index (χ0v) is 10.7. The van der Waals surface area contributed by atoms with Gasteiger partial charge in [0.25, 0.3) is 0 Å². The Bertz CT molecular complexity index is 586. The number of hydrogen-bond acceptors (Lipinski definition) is 2. The Morgan fingerprint density at radius 1 is 1.32 bits per heavy atom. The number of H-pyrrole nitrogens is 1. The molecule has 5 nitrogen and oxygen atoms in total. The van der Waals surface area contributed by atoms with Crippen LogP contribution >= 0.6 is 0 Å². The lowest BCUT2D eigenvalue weighted by molar-refractivity contribution is 0.912. The van der Waals surface area contributed by atoms with Crippen molar-refractivity contribution in [3.05, 3.63) is 47.3 Å². The van der Waals surface area contributed by atoms with E-state index >= 15 is 0 Å². The van der Waals surface area contributed by atoms with E-state index < -0.39 is 0 Å². The summed E-state index contributed by atoms with van der Waals surface area (Å²) in [5.41, 5.74) is 10.7.